The summed E-state index contributed by atoms with van der Waals surface area (Å²) in [6.07, 6.45) is -0.882. The van der Waals surface area contributed by atoms with E-state index < -0.39 is 23.3 Å². The highest BCUT2D eigenvalue weighted by Gasteiger charge is 2.51. The summed E-state index contributed by atoms with van der Waals surface area (Å²) in [4.78, 5) is 15.2. The zero-order valence-corrected chi connectivity index (χ0v) is 17.9. The number of aliphatic hydroxyl groups is 1. The van der Waals surface area contributed by atoms with E-state index in [-0.39, 0.29) is 18.5 Å². The van der Waals surface area contributed by atoms with Gasteiger partial charge in [-0.15, -0.1) is 0 Å². The van der Waals surface area contributed by atoms with Crippen molar-refractivity contribution in [3.05, 3.63) is 34.9 Å². The Bertz CT molecular complexity index is 808. The molecule has 2 N–H and O–H groups in total. The van der Waals surface area contributed by atoms with Crippen molar-refractivity contribution in [2.75, 3.05) is 19.8 Å². The van der Waals surface area contributed by atoms with E-state index in [0.29, 0.717) is 37.4 Å². The largest absolute Gasteiger partial charge is 0.416 e. The quantitative estimate of drug-likeness (QED) is 0.755. The number of nitrogens with one attached hydrogen (secondary N) is 1. The third-order valence-corrected chi connectivity index (χ3v) is 7.30. The second-order valence-electron chi connectivity index (χ2n) is 9.28. The van der Waals surface area contributed by atoms with Crippen molar-refractivity contribution in [1.29, 1.82) is 0 Å². The zero-order chi connectivity index (χ0) is 22.2. The summed E-state index contributed by atoms with van der Waals surface area (Å²) in [6, 6.07) is 4.30. The average Bonchev–Trinajstić information content (AvgIpc) is 3.17. The van der Waals surface area contributed by atoms with Crippen molar-refractivity contribution in [3.63, 3.8) is 0 Å². The summed E-state index contributed by atoms with van der Waals surface area (Å²) in [5.41, 5.74) is -0.173. The first-order chi connectivity index (χ1) is 14.7. The minimum Gasteiger partial charge on any atom is -0.392 e. The van der Waals surface area contributed by atoms with Gasteiger partial charge in [-0.2, -0.15) is 13.2 Å². The molecule has 1 aromatic rings. The van der Waals surface area contributed by atoms with Gasteiger partial charge < -0.3 is 20.1 Å². The molecule has 2 heterocycles. The Balaban J connectivity index is 1.48. The molecule has 1 unspecified atom stereocenters. The van der Waals surface area contributed by atoms with Gasteiger partial charge >= 0.3 is 6.18 Å². The standard InChI is InChI=1S/C23H31F3N2O3/c1-15(29)22(8-4-20(13-22)27-19-6-10-31-11-7-19)21(30)28-9-5-16-2-3-18(23(24,25)26)12-17(16)14-28/h2-3,12,15,19-20,27,29H,4-11,13-14H2,1H3/t15?,20-,22+/m1/s1. The highest BCUT2D eigenvalue weighted by Crippen LogP contribution is 2.44. The molecule has 5 nitrogen and oxygen atoms in total. The van der Waals surface area contributed by atoms with E-state index in [1.807, 2.05) is 0 Å². The number of alkyl halides is 3. The maximum Gasteiger partial charge on any atom is 0.416 e. The smallest absolute Gasteiger partial charge is 0.392 e. The van der Waals surface area contributed by atoms with E-state index in [2.05, 4.69) is 5.32 Å². The molecule has 1 saturated heterocycles. The molecule has 2 fully saturated rings. The molecule has 0 bridgehead atoms. The van der Waals surface area contributed by atoms with Crippen LogP contribution >= 0.6 is 0 Å². The minimum absolute atomic E-state index is 0.137. The summed E-state index contributed by atoms with van der Waals surface area (Å²) in [5, 5.41) is 14.3. The van der Waals surface area contributed by atoms with Crippen LogP contribution in [0.2, 0.25) is 0 Å². The summed E-state index contributed by atoms with van der Waals surface area (Å²) >= 11 is 0. The summed E-state index contributed by atoms with van der Waals surface area (Å²) in [5.74, 6) is -0.137. The molecule has 0 aromatic heterocycles. The molecule has 2 aliphatic heterocycles. The maximum absolute atomic E-state index is 13.6. The predicted octanol–water partition coefficient (Wildman–Crippen LogP) is 3.28. The summed E-state index contributed by atoms with van der Waals surface area (Å²) in [6.45, 7) is 3.75. The van der Waals surface area contributed by atoms with E-state index in [4.69, 9.17) is 4.74 Å². The SMILES string of the molecule is CC(O)[C@]1(C(=O)N2CCc3ccc(C(F)(F)F)cc3C2)CC[C@@H](NC2CCOCC2)C1. The molecule has 1 aromatic carbocycles. The lowest BCUT2D eigenvalue weighted by Crippen LogP contribution is -2.51. The van der Waals surface area contributed by atoms with Crippen LogP contribution in [0.4, 0.5) is 13.2 Å². The Hall–Kier alpha value is -1.64. The van der Waals surface area contributed by atoms with Gasteiger partial charge in [0.25, 0.3) is 0 Å². The molecule has 3 atom stereocenters. The molecular weight excluding hydrogens is 409 g/mol. The Morgan fingerprint density at radius 2 is 1.97 bits per heavy atom. The molecule has 0 radical (unpaired) electrons. The third kappa shape index (κ3) is 4.61. The number of nitrogens with zero attached hydrogens (tertiary/aromatic N) is 1. The fraction of sp³-hybridized carbons (Fsp3) is 0.696. The van der Waals surface area contributed by atoms with Crippen molar-refractivity contribution < 1.29 is 27.8 Å². The van der Waals surface area contributed by atoms with Crippen LogP contribution in [-0.2, 0) is 28.7 Å². The number of carbonyl (C=O) groups is 1. The number of benzene rings is 1. The predicted molar refractivity (Wildman–Crippen MR) is 109 cm³/mol. The highest BCUT2D eigenvalue weighted by molar-refractivity contribution is 5.84. The number of amides is 1. The first kappa shape index (κ1) is 22.6. The molecule has 1 aliphatic carbocycles. The topological polar surface area (TPSA) is 61.8 Å². The molecule has 0 spiro atoms. The van der Waals surface area contributed by atoms with Crippen LogP contribution in [0.5, 0.6) is 0 Å². The number of carbonyl (C=O) groups excluding carboxylic acids is 1. The van der Waals surface area contributed by atoms with Crippen molar-refractivity contribution in [1.82, 2.24) is 10.2 Å². The van der Waals surface area contributed by atoms with Gasteiger partial charge in [-0.1, -0.05) is 6.07 Å². The van der Waals surface area contributed by atoms with Gasteiger partial charge in [-0.25, -0.2) is 0 Å². The van der Waals surface area contributed by atoms with Gasteiger partial charge in [0.1, 0.15) is 0 Å². The summed E-state index contributed by atoms with van der Waals surface area (Å²) in [7, 11) is 0. The molecule has 4 rings (SSSR count). The Labute approximate surface area is 180 Å². The number of hydrogen-bond donors (Lipinski definition) is 2. The van der Waals surface area contributed by atoms with Gasteiger partial charge in [-0.3, -0.25) is 4.79 Å². The number of rotatable bonds is 4. The monoisotopic (exact) mass is 440 g/mol. The van der Waals surface area contributed by atoms with Crippen LogP contribution in [0.3, 0.4) is 0 Å². The van der Waals surface area contributed by atoms with Gasteiger partial charge in [0.15, 0.2) is 0 Å². The summed E-state index contributed by atoms with van der Waals surface area (Å²) < 4.78 is 44.8. The van der Waals surface area contributed by atoms with Crippen LogP contribution in [0.1, 0.15) is 55.7 Å². The first-order valence-corrected chi connectivity index (χ1v) is 11.2. The fourth-order valence-corrected chi connectivity index (χ4v) is 5.39. The van der Waals surface area contributed by atoms with Crippen molar-refractivity contribution >= 4 is 5.91 Å². The first-order valence-electron chi connectivity index (χ1n) is 11.2. The third-order valence-electron chi connectivity index (χ3n) is 7.30. The second-order valence-corrected chi connectivity index (χ2v) is 9.28. The van der Waals surface area contributed by atoms with Crippen molar-refractivity contribution in [2.45, 2.75) is 76.4 Å². The van der Waals surface area contributed by atoms with Crippen LogP contribution in [0.25, 0.3) is 0 Å². The number of fused-ring (bicyclic) bond motifs is 1. The number of hydrogen-bond acceptors (Lipinski definition) is 4. The maximum atomic E-state index is 13.6. The molecule has 31 heavy (non-hydrogen) atoms. The van der Waals surface area contributed by atoms with Crippen LogP contribution in [0, 0.1) is 5.41 Å². The van der Waals surface area contributed by atoms with Gasteiger partial charge in [-0.05, 0) is 68.7 Å². The zero-order valence-electron chi connectivity index (χ0n) is 17.9. The minimum atomic E-state index is -4.41. The molecule has 3 aliphatic rings. The van der Waals surface area contributed by atoms with E-state index in [0.717, 1.165) is 50.2 Å². The number of aliphatic hydroxyl groups excluding tert-OH is 1. The number of ether oxygens (including phenoxy) is 1. The van der Waals surface area contributed by atoms with Gasteiger partial charge in [0.05, 0.1) is 17.1 Å². The van der Waals surface area contributed by atoms with Gasteiger partial charge in [0.2, 0.25) is 5.91 Å². The molecule has 172 valence electrons. The van der Waals surface area contributed by atoms with Gasteiger partial charge in [0, 0.05) is 38.4 Å². The van der Waals surface area contributed by atoms with E-state index in [1.165, 1.54) is 6.07 Å². The molecule has 8 heteroatoms. The fourth-order valence-electron chi connectivity index (χ4n) is 5.39. The average molecular weight is 441 g/mol. The molecule has 1 saturated carbocycles. The Morgan fingerprint density at radius 1 is 1.23 bits per heavy atom. The lowest BCUT2D eigenvalue weighted by molar-refractivity contribution is -0.149. The number of halogens is 3. The molecule has 1 amide bonds. The normalized spacial score (nSPS) is 28.4. The lowest BCUT2D eigenvalue weighted by atomic mass is 9.78. The Morgan fingerprint density at radius 3 is 2.65 bits per heavy atom. The van der Waals surface area contributed by atoms with E-state index >= 15 is 0 Å². The Kier molecular flexibility index (Phi) is 6.34. The lowest BCUT2D eigenvalue weighted by Gasteiger charge is -2.39. The van der Waals surface area contributed by atoms with Crippen molar-refractivity contribution in [3.8, 4) is 0 Å². The second kappa shape index (κ2) is 8.71. The highest BCUT2D eigenvalue weighted by atomic mass is 19.4. The van der Waals surface area contributed by atoms with Crippen LogP contribution < -0.4 is 5.32 Å². The van der Waals surface area contributed by atoms with E-state index in [1.54, 1.807) is 11.8 Å². The molecular formula is C23H31F3N2O3. The van der Waals surface area contributed by atoms with Crippen molar-refractivity contribution in [2.24, 2.45) is 5.41 Å². The van der Waals surface area contributed by atoms with E-state index in [9.17, 15) is 23.1 Å². The van der Waals surface area contributed by atoms with Crippen LogP contribution in [0.15, 0.2) is 18.2 Å². The van der Waals surface area contributed by atoms with Crippen LogP contribution in [-0.4, -0.2) is 53.9 Å².